The molecule has 26 heavy (non-hydrogen) atoms. The molecule has 0 heterocycles. The lowest BCUT2D eigenvalue weighted by atomic mass is 10.1. The minimum Gasteiger partial charge on any atom is -0.489 e. The summed E-state index contributed by atoms with van der Waals surface area (Å²) in [5.41, 5.74) is 2.23. The Kier molecular flexibility index (Phi) is 5.84. The van der Waals surface area contributed by atoms with Crippen molar-refractivity contribution in [3.63, 3.8) is 0 Å². The monoisotopic (exact) mass is 344 g/mol. The lowest BCUT2D eigenvalue weighted by Crippen LogP contribution is -2.24. The number of benzene rings is 3. The number of fused-ring (bicyclic) bond motifs is 1. The van der Waals surface area contributed by atoms with Gasteiger partial charge in [0.15, 0.2) is 0 Å². The molecule has 0 radical (unpaired) electrons. The van der Waals surface area contributed by atoms with Crippen molar-refractivity contribution in [1.82, 2.24) is 5.32 Å². The van der Waals surface area contributed by atoms with Crippen LogP contribution in [-0.2, 0) is 17.8 Å². The molecule has 0 aliphatic carbocycles. The Morgan fingerprint density at radius 3 is 2.73 bits per heavy atom. The van der Waals surface area contributed by atoms with Crippen LogP contribution in [0.15, 0.2) is 66.7 Å². The van der Waals surface area contributed by atoms with Gasteiger partial charge in [-0.3, -0.25) is 4.79 Å². The maximum Gasteiger partial charge on any atom is 0.234 e. The largest absolute Gasteiger partial charge is 0.489 e. The minimum atomic E-state index is -0.240. The maximum absolute atomic E-state index is 11.3. The van der Waals surface area contributed by atoms with Gasteiger partial charge in [0.1, 0.15) is 18.8 Å². The first kappa shape index (κ1) is 17.5. The predicted molar refractivity (Wildman–Crippen MR) is 102 cm³/mol. The molecule has 3 aromatic rings. The fourth-order valence-corrected chi connectivity index (χ4v) is 2.85. The zero-order chi connectivity index (χ0) is 18.2. The standard InChI is InChI=1S/C22H20N2O2/c23-13-11-22(25)24-14-12-17-5-3-9-20(15-17)26-16-19-8-4-7-18-6-1-2-10-21(18)19/h1-10,15H,11-12,14,16H2,(H,24,25). The molecule has 0 aromatic heterocycles. The second-order valence-electron chi connectivity index (χ2n) is 6.01. The lowest BCUT2D eigenvalue weighted by Gasteiger charge is -2.10. The number of hydrogen-bond donors (Lipinski definition) is 1. The average molecular weight is 344 g/mol. The Hall–Kier alpha value is -3.32. The number of rotatable bonds is 7. The first-order valence-electron chi connectivity index (χ1n) is 8.58. The molecule has 0 bridgehead atoms. The SMILES string of the molecule is N#CCC(=O)NCCc1cccc(OCc2cccc3ccccc23)c1. The number of ether oxygens (including phenoxy) is 1. The normalized spacial score (nSPS) is 10.3. The van der Waals surface area contributed by atoms with Crippen molar-refractivity contribution in [3.05, 3.63) is 77.9 Å². The van der Waals surface area contributed by atoms with Gasteiger partial charge < -0.3 is 10.1 Å². The summed E-state index contributed by atoms with van der Waals surface area (Å²) in [4.78, 5) is 11.3. The summed E-state index contributed by atoms with van der Waals surface area (Å²) in [5.74, 6) is 0.564. The molecular weight excluding hydrogens is 324 g/mol. The van der Waals surface area contributed by atoms with Gasteiger partial charge in [-0.15, -0.1) is 0 Å². The molecule has 0 atom stereocenters. The molecular formula is C22H20N2O2. The van der Waals surface area contributed by atoms with E-state index in [1.165, 1.54) is 10.8 Å². The molecule has 3 rings (SSSR count). The van der Waals surface area contributed by atoms with Gasteiger partial charge in [0, 0.05) is 6.54 Å². The second-order valence-corrected chi connectivity index (χ2v) is 6.01. The van der Waals surface area contributed by atoms with Crippen molar-refractivity contribution in [2.45, 2.75) is 19.4 Å². The van der Waals surface area contributed by atoms with Gasteiger partial charge in [-0.1, -0.05) is 54.6 Å². The third-order valence-corrected chi connectivity index (χ3v) is 4.15. The maximum atomic E-state index is 11.3. The molecule has 3 aromatic carbocycles. The van der Waals surface area contributed by atoms with Crippen molar-refractivity contribution >= 4 is 16.7 Å². The second kappa shape index (κ2) is 8.68. The van der Waals surface area contributed by atoms with Crippen LogP contribution in [0.4, 0.5) is 0 Å². The van der Waals surface area contributed by atoms with Crippen LogP contribution >= 0.6 is 0 Å². The number of nitrogens with one attached hydrogen (secondary N) is 1. The fourth-order valence-electron chi connectivity index (χ4n) is 2.85. The molecule has 0 spiro atoms. The van der Waals surface area contributed by atoms with E-state index in [0.717, 1.165) is 16.9 Å². The zero-order valence-corrected chi connectivity index (χ0v) is 14.4. The summed E-state index contributed by atoms with van der Waals surface area (Å²) in [6, 6.07) is 24.2. The van der Waals surface area contributed by atoms with Crippen LogP contribution in [0, 0.1) is 11.3 Å². The van der Waals surface area contributed by atoms with Crippen LogP contribution in [0.2, 0.25) is 0 Å². The lowest BCUT2D eigenvalue weighted by molar-refractivity contribution is -0.120. The van der Waals surface area contributed by atoms with Crippen molar-refractivity contribution in [3.8, 4) is 11.8 Å². The molecule has 0 unspecified atom stereocenters. The van der Waals surface area contributed by atoms with Crippen molar-refractivity contribution < 1.29 is 9.53 Å². The highest BCUT2D eigenvalue weighted by atomic mass is 16.5. The van der Waals surface area contributed by atoms with Crippen LogP contribution in [-0.4, -0.2) is 12.5 Å². The van der Waals surface area contributed by atoms with Crippen LogP contribution in [0.5, 0.6) is 5.75 Å². The summed E-state index contributed by atoms with van der Waals surface area (Å²) < 4.78 is 5.98. The molecule has 1 N–H and O–H groups in total. The molecule has 0 fully saturated rings. The van der Waals surface area contributed by atoms with E-state index in [1.807, 2.05) is 48.5 Å². The van der Waals surface area contributed by atoms with E-state index in [9.17, 15) is 4.79 Å². The van der Waals surface area contributed by atoms with E-state index in [2.05, 4.69) is 29.6 Å². The van der Waals surface area contributed by atoms with Crippen molar-refractivity contribution in [2.24, 2.45) is 0 Å². The molecule has 1 amide bonds. The Labute approximate surface area is 153 Å². The number of carbonyl (C=O) groups is 1. The van der Waals surface area contributed by atoms with Crippen LogP contribution in [0.3, 0.4) is 0 Å². The van der Waals surface area contributed by atoms with E-state index in [1.54, 1.807) is 0 Å². The summed E-state index contributed by atoms with van der Waals surface area (Å²) in [5, 5.41) is 13.6. The van der Waals surface area contributed by atoms with E-state index >= 15 is 0 Å². The molecule has 4 heteroatoms. The topological polar surface area (TPSA) is 62.1 Å². The Bertz CT molecular complexity index is 939. The number of amides is 1. The van der Waals surface area contributed by atoms with Crippen LogP contribution < -0.4 is 10.1 Å². The summed E-state index contributed by atoms with van der Waals surface area (Å²) in [7, 11) is 0. The van der Waals surface area contributed by atoms with Gasteiger partial charge in [0.2, 0.25) is 5.91 Å². The fraction of sp³-hybridized carbons (Fsp3) is 0.182. The Balaban J connectivity index is 1.60. The number of hydrogen-bond acceptors (Lipinski definition) is 3. The van der Waals surface area contributed by atoms with Gasteiger partial charge in [0.05, 0.1) is 6.07 Å². The molecule has 130 valence electrons. The van der Waals surface area contributed by atoms with Gasteiger partial charge in [-0.05, 0) is 40.5 Å². The Morgan fingerprint density at radius 1 is 1.04 bits per heavy atom. The van der Waals surface area contributed by atoms with Gasteiger partial charge in [-0.25, -0.2) is 0 Å². The number of carbonyl (C=O) groups excluding carboxylic acids is 1. The third kappa shape index (κ3) is 4.61. The number of nitriles is 1. The highest BCUT2D eigenvalue weighted by Crippen LogP contribution is 2.21. The predicted octanol–water partition coefficient (Wildman–Crippen LogP) is 3.99. The highest BCUT2D eigenvalue weighted by Gasteiger charge is 2.03. The highest BCUT2D eigenvalue weighted by molar-refractivity contribution is 5.85. The minimum absolute atomic E-state index is 0.103. The molecule has 0 saturated carbocycles. The van der Waals surface area contributed by atoms with E-state index in [4.69, 9.17) is 10.00 Å². The van der Waals surface area contributed by atoms with Crippen molar-refractivity contribution in [1.29, 1.82) is 5.26 Å². The zero-order valence-electron chi connectivity index (χ0n) is 14.4. The first-order chi connectivity index (χ1) is 12.8. The van der Waals surface area contributed by atoms with Crippen LogP contribution in [0.25, 0.3) is 10.8 Å². The molecule has 0 aliphatic heterocycles. The molecule has 0 aliphatic rings. The van der Waals surface area contributed by atoms with E-state index in [0.29, 0.717) is 19.6 Å². The van der Waals surface area contributed by atoms with Crippen LogP contribution in [0.1, 0.15) is 17.5 Å². The smallest absolute Gasteiger partial charge is 0.234 e. The van der Waals surface area contributed by atoms with Gasteiger partial charge in [-0.2, -0.15) is 5.26 Å². The van der Waals surface area contributed by atoms with E-state index < -0.39 is 0 Å². The summed E-state index contributed by atoms with van der Waals surface area (Å²) in [6.45, 7) is 1.01. The quantitative estimate of drug-likeness (QED) is 0.705. The van der Waals surface area contributed by atoms with Crippen molar-refractivity contribution in [2.75, 3.05) is 6.54 Å². The van der Waals surface area contributed by atoms with Gasteiger partial charge >= 0.3 is 0 Å². The van der Waals surface area contributed by atoms with Gasteiger partial charge in [0.25, 0.3) is 0 Å². The average Bonchev–Trinajstić information content (AvgIpc) is 2.67. The molecule has 4 nitrogen and oxygen atoms in total. The number of nitrogens with zero attached hydrogens (tertiary/aromatic N) is 1. The summed E-state index contributed by atoms with van der Waals surface area (Å²) in [6.07, 6.45) is 0.594. The first-order valence-corrected chi connectivity index (χ1v) is 8.58. The Morgan fingerprint density at radius 2 is 1.85 bits per heavy atom. The third-order valence-electron chi connectivity index (χ3n) is 4.15. The molecule has 0 saturated heterocycles. The summed E-state index contributed by atoms with van der Waals surface area (Å²) >= 11 is 0. The van der Waals surface area contributed by atoms with E-state index in [-0.39, 0.29) is 12.3 Å².